The Balaban J connectivity index is 1.47. The molecule has 0 atom stereocenters. The summed E-state index contributed by atoms with van der Waals surface area (Å²) in [5, 5.41) is 11.3. The highest BCUT2D eigenvalue weighted by Crippen LogP contribution is 2.29. The average Bonchev–Trinajstić information content (AvgIpc) is 3.33. The summed E-state index contributed by atoms with van der Waals surface area (Å²) in [4.78, 5) is 30.0. The molecule has 2 aromatic carbocycles. The molecule has 0 radical (unpaired) electrons. The number of rotatable bonds is 5. The van der Waals surface area contributed by atoms with Gasteiger partial charge in [0.05, 0.1) is 10.7 Å². The molecular formula is C21H16N4O3S. The van der Waals surface area contributed by atoms with Gasteiger partial charge in [0.25, 0.3) is 11.8 Å². The monoisotopic (exact) mass is 404 g/mol. The van der Waals surface area contributed by atoms with E-state index in [1.54, 1.807) is 36.4 Å². The van der Waals surface area contributed by atoms with E-state index in [0.29, 0.717) is 22.6 Å². The van der Waals surface area contributed by atoms with Gasteiger partial charge in [0, 0.05) is 16.7 Å². The first-order chi connectivity index (χ1) is 14.0. The van der Waals surface area contributed by atoms with Crippen LogP contribution in [0.4, 0.5) is 6.01 Å². The first-order valence-electron chi connectivity index (χ1n) is 8.80. The predicted octanol–water partition coefficient (Wildman–Crippen LogP) is 4.29. The first kappa shape index (κ1) is 18.7. The molecule has 4 aromatic rings. The number of hydrogen-bond acceptors (Lipinski definition) is 7. The molecule has 4 rings (SSSR count). The molecule has 8 heteroatoms. The molecule has 0 saturated heterocycles. The van der Waals surface area contributed by atoms with Crippen LogP contribution in [-0.2, 0) is 0 Å². The molecule has 2 aromatic heterocycles. The summed E-state index contributed by atoms with van der Waals surface area (Å²) >= 11 is 1.45. The average molecular weight is 404 g/mol. The van der Waals surface area contributed by atoms with E-state index in [1.165, 1.54) is 11.3 Å². The van der Waals surface area contributed by atoms with Gasteiger partial charge < -0.3 is 4.42 Å². The number of ketones is 1. The molecule has 144 valence electrons. The molecule has 29 heavy (non-hydrogen) atoms. The summed E-state index contributed by atoms with van der Waals surface area (Å²) in [5.74, 6) is -0.197. The van der Waals surface area contributed by atoms with Crippen molar-refractivity contribution in [1.29, 1.82) is 0 Å². The van der Waals surface area contributed by atoms with Crippen molar-refractivity contribution in [2.75, 3.05) is 5.32 Å². The van der Waals surface area contributed by atoms with Crippen LogP contribution in [0.15, 0.2) is 59.0 Å². The smallest absolute Gasteiger partial charge is 0.322 e. The van der Waals surface area contributed by atoms with Gasteiger partial charge in [-0.2, -0.15) is 0 Å². The molecule has 1 N–H and O–H groups in total. The molecule has 0 aliphatic rings. The normalized spacial score (nSPS) is 10.7. The Morgan fingerprint density at radius 1 is 0.897 bits per heavy atom. The predicted molar refractivity (Wildman–Crippen MR) is 109 cm³/mol. The number of nitrogens with zero attached hydrogens (tertiary/aromatic N) is 3. The molecule has 0 saturated carbocycles. The van der Waals surface area contributed by atoms with Gasteiger partial charge >= 0.3 is 6.01 Å². The summed E-state index contributed by atoms with van der Waals surface area (Å²) in [6.45, 7) is 3.76. The minimum Gasteiger partial charge on any atom is -0.402 e. The number of aryl methyl sites for hydroxylation is 2. The second-order valence-corrected chi connectivity index (χ2v) is 7.49. The Labute approximate surface area is 170 Å². The zero-order valence-corrected chi connectivity index (χ0v) is 16.5. The van der Waals surface area contributed by atoms with Crippen molar-refractivity contribution in [3.05, 3.63) is 82.0 Å². The lowest BCUT2D eigenvalue weighted by Crippen LogP contribution is -2.12. The highest BCUT2D eigenvalue weighted by molar-refractivity contribution is 7.15. The van der Waals surface area contributed by atoms with Crippen LogP contribution in [0, 0.1) is 13.8 Å². The van der Waals surface area contributed by atoms with Gasteiger partial charge in [-0.1, -0.05) is 47.6 Å². The van der Waals surface area contributed by atoms with Crippen molar-refractivity contribution >= 4 is 29.0 Å². The highest BCUT2D eigenvalue weighted by atomic mass is 32.1. The van der Waals surface area contributed by atoms with E-state index < -0.39 is 5.91 Å². The van der Waals surface area contributed by atoms with Crippen molar-refractivity contribution in [3.63, 3.8) is 0 Å². The Morgan fingerprint density at radius 2 is 1.55 bits per heavy atom. The minimum atomic E-state index is -0.406. The van der Waals surface area contributed by atoms with Gasteiger partial charge in [-0.15, -0.1) is 16.4 Å². The van der Waals surface area contributed by atoms with Gasteiger partial charge in [0.15, 0.2) is 5.78 Å². The SMILES string of the molecule is Cc1nc(C)c(-c2nnc(NC(=O)c3ccc(C(=O)c4ccccc4)cc3)o2)s1. The molecule has 0 bridgehead atoms. The van der Waals surface area contributed by atoms with E-state index in [2.05, 4.69) is 20.5 Å². The number of aromatic nitrogens is 3. The number of amides is 1. The van der Waals surface area contributed by atoms with Gasteiger partial charge in [0.2, 0.25) is 0 Å². The van der Waals surface area contributed by atoms with E-state index in [1.807, 2.05) is 32.0 Å². The summed E-state index contributed by atoms with van der Waals surface area (Å²) in [7, 11) is 0. The lowest BCUT2D eigenvalue weighted by atomic mass is 10.0. The summed E-state index contributed by atoms with van der Waals surface area (Å²) in [5.41, 5.74) is 2.27. The van der Waals surface area contributed by atoms with Crippen LogP contribution in [0.25, 0.3) is 10.8 Å². The van der Waals surface area contributed by atoms with E-state index in [9.17, 15) is 9.59 Å². The molecule has 0 aliphatic heterocycles. The third-order valence-electron chi connectivity index (χ3n) is 4.19. The molecule has 0 unspecified atom stereocenters. The zero-order valence-electron chi connectivity index (χ0n) is 15.7. The fraction of sp³-hybridized carbons (Fsp3) is 0.0952. The molecule has 2 heterocycles. The Kier molecular flexibility index (Phi) is 5.01. The van der Waals surface area contributed by atoms with Crippen LogP contribution in [0.3, 0.4) is 0 Å². The number of carbonyl (C=O) groups excluding carboxylic acids is 2. The standard InChI is InChI=1S/C21H16N4O3S/c1-12-18(29-13(2)22-12)20-24-25-21(28-20)23-19(27)16-10-8-15(9-11-16)17(26)14-6-4-3-5-7-14/h3-11H,1-2H3,(H,23,25,27). The maximum absolute atomic E-state index is 12.4. The Morgan fingerprint density at radius 3 is 2.21 bits per heavy atom. The van der Waals surface area contributed by atoms with Gasteiger partial charge in [0.1, 0.15) is 4.88 Å². The van der Waals surface area contributed by atoms with E-state index in [0.717, 1.165) is 15.6 Å². The number of carbonyl (C=O) groups is 2. The number of anilines is 1. The van der Waals surface area contributed by atoms with Crippen LogP contribution in [-0.4, -0.2) is 26.9 Å². The first-order valence-corrected chi connectivity index (χ1v) is 9.62. The number of benzene rings is 2. The number of nitrogens with one attached hydrogen (secondary N) is 1. The van der Waals surface area contributed by atoms with E-state index >= 15 is 0 Å². The van der Waals surface area contributed by atoms with Crippen LogP contribution in [0.2, 0.25) is 0 Å². The maximum Gasteiger partial charge on any atom is 0.322 e. The lowest BCUT2D eigenvalue weighted by Gasteiger charge is -2.03. The third kappa shape index (κ3) is 3.97. The quantitative estimate of drug-likeness (QED) is 0.498. The van der Waals surface area contributed by atoms with Crippen molar-refractivity contribution in [2.24, 2.45) is 0 Å². The van der Waals surface area contributed by atoms with Gasteiger partial charge in [-0.3, -0.25) is 14.9 Å². The zero-order chi connectivity index (χ0) is 20.4. The van der Waals surface area contributed by atoms with Gasteiger partial charge in [-0.25, -0.2) is 4.98 Å². The fourth-order valence-corrected chi connectivity index (χ4v) is 3.63. The summed E-state index contributed by atoms with van der Waals surface area (Å²) < 4.78 is 5.54. The molecule has 0 fully saturated rings. The second-order valence-electron chi connectivity index (χ2n) is 6.29. The van der Waals surface area contributed by atoms with E-state index in [-0.39, 0.29) is 11.8 Å². The molecule has 0 aliphatic carbocycles. The van der Waals surface area contributed by atoms with Crippen LogP contribution in [0.1, 0.15) is 37.0 Å². The molecule has 0 spiro atoms. The number of hydrogen-bond donors (Lipinski definition) is 1. The second kappa shape index (κ2) is 7.76. The summed E-state index contributed by atoms with van der Waals surface area (Å²) in [6.07, 6.45) is 0. The maximum atomic E-state index is 12.4. The van der Waals surface area contributed by atoms with E-state index in [4.69, 9.17) is 4.42 Å². The minimum absolute atomic E-state index is 0.000100. The largest absolute Gasteiger partial charge is 0.402 e. The third-order valence-corrected chi connectivity index (χ3v) is 5.25. The lowest BCUT2D eigenvalue weighted by molar-refractivity contribution is 0.101. The molecule has 1 amide bonds. The van der Waals surface area contributed by atoms with Crippen LogP contribution in [0.5, 0.6) is 0 Å². The Bertz CT molecular complexity index is 1180. The molecular weight excluding hydrogens is 388 g/mol. The fourth-order valence-electron chi connectivity index (χ4n) is 2.79. The van der Waals surface area contributed by atoms with Crippen molar-refractivity contribution in [3.8, 4) is 10.8 Å². The topological polar surface area (TPSA) is 98.0 Å². The molecule has 7 nitrogen and oxygen atoms in total. The number of thiazole rings is 1. The highest BCUT2D eigenvalue weighted by Gasteiger charge is 2.17. The van der Waals surface area contributed by atoms with Crippen LogP contribution < -0.4 is 5.32 Å². The van der Waals surface area contributed by atoms with Crippen LogP contribution >= 0.6 is 11.3 Å². The summed E-state index contributed by atoms with van der Waals surface area (Å²) in [6, 6.07) is 15.4. The van der Waals surface area contributed by atoms with Gasteiger partial charge in [-0.05, 0) is 26.0 Å². The van der Waals surface area contributed by atoms with Crippen molar-refractivity contribution < 1.29 is 14.0 Å². The van der Waals surface area contributed by atoms with Crippen molar-refractivity contribution in [1.82, 2.24) is 15.2 Å². The Hall–Kier alpha value is -3.65. The van der Waals surface area contributed by atoms with Crippen molar-refractivity contribution in [2.45, 2.75) is 13.8 Å².